The minimum absolute atomic E-state index is 0.0127. The van der Waals surface area contributed by atoms with Crippen LogP contribution < -0.4 is 10.1 Å². The van der Waals surface area contributed by atoms with Crippen LogP contribution in [-0.2, 0) is 4.79 Å². The number of anilines is 1. The lowest BCUT2D eigenvalue weighted by Crippen LogP contribution is -2.41. The quantitative estimate of drug-likeness (QED) is 0.573. The Balaban J connectivity index is 1.39. The van der Waals surface area contributed by atoms with Gasteiger partial charge in [-0.1, -0.05) is 30.0 Å². The van der Waals surface area contributed by atoms with Crippen molar-refractivity contribution in [1.82, 2.24) is 14.5 Å². The summed E-state index contributed by atoms with van der Waals surface area (Å²) in [4.78, 5) is 32.0. The van der Waals surface area contributed by atoms with Gasteiger partial charge < -0.3 is 15.0 Å². The van der Waals surface area contributed by atoms with E-state index >= 15 is 0 Å². The first-order valence-corrected chi connectivity index (χ1v) is 11.7. The highest BCUT2D eigenvalue weighted by molar-refractivity contribution is 7.98. The van der Waals surface area contributed by atoms with E-state index in [1.54, 1.807) is 25.1 Å². The molecule has 0 aliphatic carbocycles. The second-order valence-corrected chi connectivity index (χ2v) is 8.36. The van der Waals surface area contributed by atoms with E-state index in [2.05, 4.69) is 10.3 Å². The molecule has 1 aliphatic heterocycles. The smallest absolute Gasteiger partial charge is 0.253 e. The van der Waals surface area contributed by atoms with E-state index in [0.29, 0.717) is 42.9 Å². The van der Waals surface area contributed by atoms with Gasteiger partial charge >= 0.3 is 0 Å². The molecule has 32 heavy (non-hydrogen) atoms. The molecule has 1 aliphatic rings. The van der Waals surface area contributed by atoms with Gasteiger partial charge in [-0.05, 0) is 49.4 Å². The number of para-hydroxylation sites is 2. The summed E-state index contributed by atoms with van der Waals surface area (Å²) in [6, 6.07) is 14.9. The Bertz CT molecular complexity index is 1110. The molecule has 0 saturated carbocycles. The van der Waals surface area contributed by atoms with Gasteiger partial charge in [0, 0.05) is 42.7 Å². The lowest BCUT2D eigenvalue weighted by molar-refractivity contribution is -0.121. The zero-order chi connectivity index (χ0) is 22.5. The van der Waals surface area contributed by atoms with Gasteiger partial charge in [-0.25, -0.2) is 4.98 Å². The Hall–Kier alpha value is -3.26. The SMILES string of the molecule is COc1ccccc1NC(=O)C1CCN(C(=O)c2cccc(-n3ccnc3SC)c2)CC1. The van der Waals surface area contributed by atoms with E-state index in [1.807, 2.05) is 70.5 Å². The number of benzene rings is 2. The molecule has 2 amide bonds. The Morgan fingerprint density at radius 1 is 1.12 bits per heavy atom. The van der Waals surface area contributed by atoms with Crippen LogP contribution in [0.4, 0.5) is 5.69 Å². The molecule has 0 unspecified atom stereocenters. The molecule has 0 spiro atoms. The fourth-order valence-corrected chi connectivity index (χ4v) is 4.47. The number of nitrogens with one attached hydrogen (secondary N) is 1. The van der Waals surface area contributed by atoms with Crippen LogP contribution in [0.25, 0.3) is 5.69 Å². The van der Waals surface area contributed by atoms with Crippen molar-refractivity contribution in [2.75, 3.05) is 31.8 Å². The van der Waals surface area contributed by atoms with Gasteiger partial charge in [0.2, 0.25) is 5.91 Å². The summed E-state index contributed by atoms with van der Waals surface area (Å²) >= 11 is 1.56. The molecule has 4 rings (SSSR count). The standard InChI is InChI=1S/C24H26N4O3S/c1-31-21-9-4-3-8-20(21)26-22(29)17-10-13-27(14-11-17)23(30)18-6-5-7-19(16-18)28-15-12-25-24(28)32-2/h3-9,12,15-17H,10-11,13-14H2,1-2H3,(H,26,29). The van der Waals surface area contributed by atoms with Gasteiger partial charge in [-0.15, -0.1) is 0 Å². The number of imidazole rings is 1. The van der Waals surface area contributed by atoms with Crippen LogP contribution >= 0.6 is 11.8 Å². The molecule has 2 heterocycles. The van der Waals surface area contributed by atoms with Crippen LogP contribution in [0.5, 0.6) is 5.75 Å². The average Bonchev–Trinajstić information content (AvgIpc) is 3.33. The highest BCUT2D eigenvalue weighted by atomic mass is 32.2. The Morgan fingerprint density at radius 3 is 2.66 bits per heavy atom. The number of amides is 2. The van der Waals surface area contributed by atoms with E-state index in [1.165, 1.54) is 0 Å². The van der Waals surface area contributed by atoms with Crippen molar-refractivity contribution in [1.29, 1.82) is 0 Å². The molecule has 1 aromatic heterocycles. The number of ether oxygens (including phenoxy) is 1. The highest BCUT2D eigenvalue weighted by Crippen LogP contribution is 2.26. The van der Waals surface area contributed by atoms with Crippen LogP contribution in [0.3, 0.4) is 0 Å². The first kappa shape index (κ1) is 22.0. The minimum atomic E-state index is -0.134. The van der Waals surface area contributed by atoms with E-state index in [4.69, 9.17) is 4.74 Å². The fourth-order valence-electron chi connectivity index (χ4n) is 3.94. The molecule has 3 aromatic rings. The van der Waals surface area contributed by atoms with Crippen molar-refractivity contribution in [2.24, 2.45) is 5.92 Å². The van der Waals surface area contributed by atoms with Gasteiger partial charge in [0.1, 0.15) is 5.75 Å². The number of aromatic nitrogens is 2. The predicted molar refractivity (Wildman–Crippen MR) is 126 cm³/mol. The number of carbonyl (C=O) groups is 2. The summed E-state index contributed by atoms with van der Waals surface area (Å²) in [6.45, 7) is 1.10. The maximum Gasteiger partial charge on any atom is 0.253 e. The third-order valence-corrected chi connectivity index (χ3v) is 6.35. The normalized spacial score (nSPS) is 14.2. The maximum atomic E-state index is 13.1. The third-order valence-electron chi connectivity index (χ3n) is 5.68. The highest BCUT2D eigenvalue weighted by Gasteiger charge is 2.28. The minimum Gasteiger partial charge on any atom is -0.495 e. The summed E-state index contributed by atoms with van der Waals surface area (Å²) in [5, 5.41) is 3.83. The predicted octanol–water partition coefficient (Wildman–Crippen LogP) is 4.09. The van der Waals surface area contributed by atoms with Crippen molar-refractivity contribution in [3.8, 4) is 11.4 Å². The number of likely N-dealkylation sites (tertiary alicyclic amines) is 1. The Morgan fingerprint density at radius 2 is 1.91 bits per heavy atom. The molecule has 0 radical (unpaired) electrons. The zero-order valence-electron chi connectivity index (χ0n) is 18.2. The Kier molecular flexibility index (Phi) is 6.80. The van der Waals surface area contributed by atoms with Crippen molar-refractivity contribution >= 4 is 29.3 Å². The molecule has 8 heteroatoms. The van der Waals surface area contributed by atoms with Gasteiger partial charge in [-0.2, -0.15) is 0 Å². The largest absolute Gasteiger partial charge is 0.495 e. The number of methoxy groups -OCH3 is 1. The van der Waals surface area contributed by atoms with E-state index in [0.717, 1.165) is 10.8 Å². The van der Waals surface area contributed by atoms with E-state index in [9.17, 15) is 9.59 Å². The summed E-state index contributed by atoms with van der Waals surface area (Å²) < 4.78 is 7.28. The van der Waals surface area contributed by atoms with Crippen LogP contribution in [0.2, 0.25) is 0 Å². The Labute approximate surface area is 191 Å². The maximum absolute atomic E-state index is 13.1. The summed E-state index contributed by atoms with van der Waals surface area (Å²) in [6.07, 6.45) is 6.87. The number of hydrogen-bond donors (Lipinski definition) is 1. The monoisotopic (exact) mass is 450 g/mol. The topological polar surface area (TPSA) is 76.5 Å². The first-order chi connectivity index (χ1) is 15.6. The molecular formula is C24H26N4O3S. The molecule has 1 N–H and O–H groups in total. The number of hydrogen-bond acceptors (Lipinski definition) is 5. The number of carbonyl (C=O) groups excluding carboxylic acids is 2. The molecule has 0 atom stereocenters. The molecule has 1 saturated heterocycles. The average molecular weight is 451 g/mol. The number of thioether (sulfide) groups is 1. The molecule has 7 nitrogen and oxygen atoms in total. The zero-order valence-corrected chi connectivity index (χ0v) is 19.0. The third kappa shape index (κ3) is 4.65. The second kappa shape index (κ2) is 9.91. The summed E-state index contributed by atoms with van der Waals surface area (Å²) in [7, 11) is 1.58. The lowest BCUT2D eigenvalue weighted by atomic mass is 9.95. The van der Waals surface area contributed by atoms with Crippen LogP contribution in [0.15, 0.2) is 66.1 Å². The second-order valence-electron chi connectivity index (χ2n) is 7.59. The lowest BCUT2D eigenvalue weighted by Gasteiger charge is -2.31. The van der Waals surface area contributed by atoms with Crippen molar-refractivity contribution < 1.29 is 14.3 Å². The van der Waals surface area contributed by atoms with Crippen molar-refractivity contribution in [3.63, 3.8) is 0 Å². The fraction of sp³-hybridized carbons (Fsp3) is 0.292. The number of piperidine rings is 1. The number of nitrogens with zero attached hydrogens (tertiary/aromatic N) is 3. The van der Waals surface area contributed by atoms with E-state index in [-0.39, 0.29) is 17.7 Å². The summed E-state index contributed by atoms with van der Waals surface area (Å²) in [5.41, 5.74) is 2.21. The first-order valence-electron chi connectivity index (χ1n) is 10.5. The van der Waals surface area contributed by atoms with E-state index < -0.39 is 0 Å². The van der Waals surface area contributed by atoms with Crippen LogP contribution in [-0.4, -0.2) is 52.7 Å². The van der Waals surface area contributed by atoms with Gasteiger partial charge in [0.05, 0.1) is 12.8 Å². The van der Waals surface area contributed by atoms with Gasteiger partial charge in [0.25, 0.3) is 5.91 Å². The molecular weight excluding hydrogens is 424 g/mol. The van der Waals surface area contributed by atoms with Crippen molar-refractivity contribution in [2.45, 2.75) is 18.0 Å². The van der Waals surface area contributed by atoms with Gasteiger partial charge in [-0.3, -0.25) is 14.2 Å². The molecule has 2 aromatic carbocycles. The molecule has 0 bridgehead atoms. The van der Waals surface area contributed by atoms with Gasteiger partial charge in [0.15, 0.2) is 5.16 Å². The van der Waals surface area contributed by atoms with Crippen LogP contribution in [0.1, 0.15) is 23.2 Å². The summed E-state index contributed by atoms with van der Waals surface area (Å²) in [5.74, 6) is 0.454. The van der Waals surface area contributed by atoms with Crippen molar-refractivity contribution in [3.05, 3.63) is 66.5 Å². The molecule has 166 valence electrons. The number of rotatable bonds is 6. The van der Waals surface area contributed by atoms with Crippen LogP contribution in [0, 0.1) is 5.92 Å². The molecule has 1 fully saturated rings.